The predicted molar refractivity (Wildman–Crippen MR) is 143 cm³/mol. The van der Waals surface area contributed by atoms with Crippen molar-refractivity contribution in [3.63, 3.8) is 0 Å². The summed E-state index contributed by atoms with van der Waals surface area (Å²) in [5.74, 6) is 1.33. The second-order valence-electron chi connectivity index (χ2n) is 9.09. The lowest BCUT2D eigenvalue weighted by atomic mass is 9.97. The SMILES string of the molecule is CSc1ccc(CC(=O)N2CCC(c3nc(C(=O)N4CCN(c5cnccn5)CC4)cs3)CC2)cc1. The molecule has 0 aliphatic carbocycles. The number of rotatable bonds is 6. The van der Waals surface area contributed by atoms with E-state index in [2.05, 4.69) is 33.3 Å². The third-order valence-electron chi connectivity index (χ3n) is 6.89. The highest BCUT2D eigenvalue weighted by molar-refractivity contribution is 7.98. The number of hydrogen-bond acceptors (Lipinski definition) is 8. The van der Waals surface area contributed by atoms with Gasteiger partial charge >= 0.3 is 0 Å². The first kappa shape index (κ1) is 24.7. The van der Waals surface area contributed by atoms with Crippen LogP contribution in [0.15, 0.2) is 53.1 Å². The molecule has 0 bridgehead atoms. The van der Waals surface area contributed by atoms with Crippen molar-refractivity contribution in [2.45, 2.75) is 30.1 Å². The third-order valence-corrected chi connectivity index (χ3v) is 8.64. The zero-order valence-electron chi connectivity index (χ0n) is 20.4. The number of carbonyl (C=O) groups is 2. The fourth-order valence-electron chi connectivity index (χ4n) is 4.73. The molecule has 5 rings (SSSR count). The molecule has 8 nitrogen and oxygen atoms in total. The number of piperidine rings is 1. The van der Waals surface area contributed by atoms with E-state index < -0.39 is 0 Å². The van der Waals surface area contributed by atoms with Gasteiger partial charge in [-0.15, -0.1) is 23.1 Å². The van der Waals surface area contributed by atoms with E-state index in [0.29, 0.717) is 31.1 Å². The highest BCUT2D eigenvalue weighted by atomic mass is 32.2. The highest BCUT2D eigenvalue weighted by Gasteiger charge is 2.28. The fraction of sp³-hybridized carbons (Fsp3) is 0.423. The molecule has 2 aromatic heterocycles. The van der Waals surface area contributed by atoms with Crippen molar-refractivity contribution in [2.75, 3.05) is 50.4 Å². The molecule has 0 saturated carbocycles. The molecule has 2 aliphatic rings. The number of likely N-dealkylation sites (tertiary alicyclic amines) is 1. The van der Waals surface area contributed by atoms with Crippen LogP contribution in [0.25, 0.3) is 0 Å². The molecule has 0 N–H and O–H groups in total. The summed E-state index contributed by atoms with van der Waals surface area (Å²) in [6.45, 7) is 4.22. The summed E-state index contributed by atoms with van der Waals surface area (Å²) < 4.78 is 0. The van der Waals surface area contributed by atoms with Crippen molar-refractivity contribution >= 4 is 40.7 Å². The Morgan fingerprint density at radius 1 is 1.00 bits per heavy atom. The van der Waals surface area contributed by atoms with Gasteiger partial charge in [-0.2, -0.15) is 0 Å². The lowest BCUT2D eigenvalue weighted by molar-refractivity contribution is -0.131. The number of piperazine rings is 1. The summed E-state index contributed by atoms with van der Waals surface area (Å²) in [5.41, 5.74) is 1.59. The Balaban J connectivity index is 1.11. The number of benzene rings is 1. The Morgan fingerprint density at radius 2 is 1.75 bits per heavy atom. The van der Waals surface area contributed by atoms with Crippen LogP contribution in [-0.2, 0) is 11.2 Å². The van der Waals surface area contributed by atoms with Gasteiger partial charge in [-0.1, -0.05) is 12.1 Å². The molecular formula is C26H30N6O2S2. The molecule has 188 valence electrons. The Hall–Kier alpha value is -2.98. The molecule has 0 spiro atoms. The molecule has 2 saturated heterocycles. The second kappa shape index (κ2) is 11.4. The van der Waals surface area contributed by atoms with E-state index in [0.717, 1.165) is 55.4 Å². The number of carbonyl (C=O) groups excluding carboxylic acids is 2. The number of anilines is 1. The molecule has 3 aromatic rings. The molecule has 2 aliphatic heterocycles. The normalized spacial score (nSPS) is 16.9. The number of amides is 2. The Labute approximate surface area is 219 Å². The average Bonchev–Trinajstić information content (AvgIpc) is 3.44. The van der Waals surface area contributed by atoms with E-state index >= 15 is 0 Å². The van der Waals surface area contributed by atoms with Gasteiger partial charge in [-0.25, -0.2) is 9.97 Å². The molecule has 4 heterocycles. The van der Waals surface area contributed by atoms with Crippen LogP contribution in [0.1, 0.15) is 39.8 Å². The minimum atomic E-state index is -0.00333. The van der Waals surface area contributed by atoms with Crippen LogP contribution in [0.3, 0.4) is 0 Å². The molecular weight excluding hydrogens is 492 g/mol. The van der Waals surface area contributed by atoms with Gasteiger partial charge in [0, 0.05) is 67.9 Å². The third kappa shape index (κ3) is 5.70. The maximum absolute atomic E-state index is 13.1. The lowest BCUT2D eigenvalue weighted by Crippen LogP contribution is -2.49. The van der Waals surface area contributed by atoms with Crippen molar-refractivity contribution in [2.24, 2.45) is 0 Å². The van der Waals surface area contributed by atoms with Crippen LogP contribution >= 0.6 is 23.1 Å². The van der Waals surface area contributed by atoms with E-state index in [-0.39, 0.29) is 11.8 Å². The summed E-state index contributed by atoms with van der Waals surface area (Å²) >= 11 is 3.27. The highest BCUT2D eigenvalue weighted by Crippen LogP contribution is 2.31. The fourth-order valence-corrected chi connectivity index (χ4v) is 6.11. The topological polar surface area (TPSA) is 82.5 Å². The summed E-state index contributed by atoms with van der Waals surface area (Å²) in [6, 6.07) is 8.22. The Morgan fingerprint density at radius 3 is 2.42 bits per heavy atom. The van der Waals surface area contributed by atoms with Gasteiger partial charge in [0.2, 0.25) is 5.91 Å². The number of thioether (sulfide) groups is 1. The first-order valence-electron chi connectivity index (χ1n) is 12.3. The van der Waals surface area contributed by atoms with E-state index in [1.54, 1.807) is 41.7 Å². The monoisotopic (exact) mass is 522 g/mol. The lowest BCUT2D eigenvalue weighted by Gasteiger charge is -2.34. The molecule has 1 aromatic carbocycles. The van der Waals surface area contributed by atoms with E-state index in [9.17, 15) is 9.59 Å². The van der Waals surface area contributed by atoms with Gasteiger partial charge < -0.3 is 14.7 Å². The van der Waals surface area contributed by atoms with Crippen LogP contribution in [0, 0.1) is 0 Å². The number of aromatic nitrogens is 3. The smallest absolute Gasteiger partial charge is 0.273 e. The van der Waals surface area contributed by atoms with Gasteiger partial charge in [-0.3, -0.25) is 14.6 Å². The van der Waals surface area contributed by atoms with Crippen LogP contribution in [-0.4, -0.2) is 82.1 Å². The van der Waals surface area contributed by atoms with Crippen molar-refractivity contribution in [1.29, 1.82) is 0 Å². The average molecular weight is 523 g/mol. The first-order chi connectivity index (χ1) is 17.6. The van der Waals surface area contributed by atoms with Crippen LogP contribution in [0.4, 0.5) is 5.82 Å². The number of nitrogens with zero attached hydrogens (tertiary/aromatic N) is 6. The van der Waals surface area contributed by atoms with E-state index in [4.69, 9.17) is 4.98 Å². The van der Waals surface area contributed by atoms with Crippen molar-refractivity contribution in [3.8, 4) is 0 Å². The molecule has 2 fully saturated rings. The van der Waals surface area contributed by atoms with E-state index in [1.807, 2.05) is 27.3 Å². The Kier molecular flexibility index (Phi) is 7.81. The zero-order chi connectivity index (χ0) is 24.9. The van der Waals surface area contributed by atoms with Crippen LogP contribution in [0.2, 0.25) is 0 Å². The summed E-state index contributed by atoms with van der Waals surface area (Å²) in [5, 5.41) is 2.90. The Bertz CT molecular complexity index is 1170. The van der Waals surface area contributed by atoms with Crippen LogP contribution in [0.5, 0.6) is 0 Å². The van der Waals surface area contributed by atoms with Gasteiger partial charge in [-0.05, 0) is 36.8 Å². The summed E-state index contributed by atoms with van der Waals surface area (Å²) in [6.07, 6.45) is 9.37. The van der Waals surface area contributed by atoms with Crippen molar-refractivity contribution < 1.29 is 9.59 Å². The number of thiazole rings is 1. The van der Waals surface area contributed by atoms with Gasteiger partial charge in [0.05, 0.1) is 17.6 Å². The van der Waals surface area contributed by atoms with Crippen LogP contribution < -0.4 is 4.90 Å². The first-order valence-corrected chi connectivity index (χ1v) is 14.4. The van der Waals surface area contributed by atoms with Gasteiger partial charge in [0.1, 0.15) is 11.5 Å². The molecule has 0 atom stereocenters. The summed E-state index contributed by atoms with van der Waals surface area (Å²) in [4.78, 5) is 46.3. The molecule has 0 unspecified atom stereocenters. The largest absolute Gasteiger partial charge is 0.352 e. The minimum absolute atomic E-state index is 0.00333. The van der Waals surface area contributed by atoms with Gasteiger partial charge in [0.25, 0.3) is 5.91 Å². The second-order valence-corrected chi connectivity index (χ2v) is 10.9. The molecule has 10 heteroatoms. The standard InChI is InChI=1S/C26H30N6O2S2/c1-35-21-4-2-19(3-5-21)16-24(33)31-10-6-20(7-11-31)25-29-22(18-36-25)26(34)32-14-12-30(13-15-32)23-17-27-8-9-28-23/h2-5,8-9,17-18,20H,6-7,10-16H2,1H3. The van der Waals surface area contributed by atoms with Crippen molar-refractivity contribution in [3.05, 3.63) is 64.5 Å². The summed E-state index contributed by atoms with van der Waals surface area (Å²) in [7, 11) is 0. The quantitative estimate of drug-likeness (QED) is 0.458. The van der Waals surface area contributed by atoms with Gasteiger partial charge in [0.15, 0.2) is 0 Å². The van der Waals surface area contributed by atoms with E-state index in [1.165, 1.54) is 4.90 Å². The maximum atomic E-state index is 13.1. The minimum Gasteiger partial charge on any atom is -0.352 e. The maximum Gasteiger partial charge on any atom is 0.273 e. The molecule has 0 radical (unpaired) electrons. The zero-order valence-corrected chi connectivity index (χ0v) is 22.0. The predicted octanol–water partition coefficient (Wildman–Crippen LogP) is 3.57. The van der Waals surface area contributed by atoms with Crippen molar-refractivity contribution in [1.82, 2.24) is 24.8 Å². The molecule has 2 amide bonds. The number of hydrogen-bond donors (Lipinski definition) is 0. The molecule has 36 heavy (non-hydrogen) atoms.